The summed E-state index contributed by atoms with van der Waals surface area (Å²) in [7, 11) is 1.52. The SMILES string of the molecule is Cc1cc(C(=O)Nc2cnc(C3CCN(C(=O)OC(C)(C)C)CC3)cc2N[C@@H](C)c2ccccc2)nn(C)c1=O. The number of hydrogen-bond acceptors (Lipinski definition) is 7. The first kappa shape index (κ1) is 28.8. The summed E-state index contributed by atoms with van der Waals surface area (Å²) in [5.74, 6) is -0.279. The molecule has 10 nitrogen and oxygen atoms in total. The lowest BCUT2D eigenvalue weighted by molar-refractivity contribution is 0.0204. The number of aromatic nitrogens is 3. The van der Waals surface area contributed by atoms with Crippen LogP contribution < -0.4 is 16.2 Å². The van der Waals surface area contributed by atoms with Gasteiger partial charge in [0.15, 0.2) is 0 Å². The molecule has 40 heavy (non-hydrogen) atoms. The third-order valence-electron chi connectivity index (χ3n) is 6.88. The van der Waals surface area contributed by atoms with Gasteiger partial charge >= 0.3 is 6.09 Å². The van der Waals surface area contributed by atoms with Gasteiger partial charge in [-0.3, -0.25) is 14.6 Å². The fourth-order valence-electron chi connectivity index (χ4n) is 4.71. The van der Waals surface area contributed by atoms with Crippen molar-refractivity contribution < 1.29 is 14.3 Å². The van der Waals surface area contributed by atoms with Gasteiger partial charge in [0.25, 0.3) is 11.5 Å². The Kier molecular flexibility index (Phi) is 8.56. The molecule has 4 rings (SSSR count). The van der Waals surface area contributed by atoms with E-state index in [1.165, 1.54) is 13.1 Å². The zero-order valence-corrected chi connectivity index (χ0v) is 24.0. The number of carbonyl (C=O) groups is 2. The number of aryl methyl sites for hydroxylation is 2. The van der Waals surface area contributed by atoms with Gasteiger partial charge in [-0.15, -0.1) is 0 Å². The number of amides is 2. The normalized spacial score (nSPS) is 14.9. The monoisotopic (exact) mass is 546 g/mol. The summed E-state index contributed by atoms with van der Waals surface area (Å²) in [5.41, 5.74) is 3.01. The Labute approximate surface area is 234 Å². The maximum atomic E-state index is 13.1. The molecule has 1 atom stereocenters. The Morgan fingerprint density at radius 3 is 2.38 bits per heavy atom. The van der Waals surface area contributed by atoms with Crippen LogP contribution in [0.5, 0.6) is 0 Å². The van der Waals surface area contributed by atoms with E-state index in [2.05, 4.69) is 22.7 Å². The molecule has 1 aliphatic rings. The zero-order chi connectivity index (χ0) is 29.0. The smallest absolute Gasteiger partial charge is 0.410 e. The van der Waals surface area contributed by atoms with Gasteiger partial charge in [-0.2, -0.15) is 5.10 Å². The summed E-state index contributed by atoms with van der Waals surface area (Å²) < 4.78 is 6.69. The molecule has 1 fully saturated rings. The minimum absolute atomic E-state index is 0.0426. The third-order valence-corrected chi connectivity index (χ3v) is 6.88. The van der Waals surface area contributed by atoms with Crippen molar-refractivity contribution in [3.63, 3.8) is 0 Å². The Bertz CT molecular complexity index is 1400. The highest BCUT2D eigenvalue weighted by Crippen LogP contribution is 2.33. The largest absolute Gasteiger partial charge is 0.444 e. The van der Waals surface area contributed by atoms with Gasteiger partial charge in [0.05, 0.1) is 17.6 Å². The number of nitrogens with zero attached hydrogens (tertiary/aromatic N) is 4. The standard InChI is InChI=1S/C30H38N6O4/c1-19-16-25(34-35(6)28(19)38)27(37)33-26-18-31-23(17-24(26)32-20(2)21-10-8-7-9-11-21)22-12-14-36(15-13-22)29(39)40-30(3,4)5/h7-11,16-18,20,22H,12-15H2,1-6H3,(H,31,32)(H,33,37)/t20-/m0/s1. The number of pyridine rings is 1. The second kappa shape index (κ2) is 11.9. The van der Waals surface area contributed by atoms with Crippen LogP contribution in [0.4, 0.5) is 16.2 Å². The molecular formula is C30H38N6O4. The second-order valence-corrected chi connectivity index (χ2v) is 11.3. The highest BCUT2D eigenvalue weighted by molar-refractivity contribution is 6.04. The summed E-state index contributed by atoms with van der Waals surface area (Å²) in [4.78, 5) is 44.1. The molecule has 0 aliphatic carbocycles. The number of anilines is 2. The van der Waals surface area contributed by atoms with Crippen molar-refractivity contribution in [3.8, 4) is 0 Å². The van der Waals surface area contributed by atoms with Crippen LogP contribution in [-0.2, 0) is 11.8 Å². The number of benzene rings is 1. The van der Waals surface area contributed by atoms with Gasteiger partial charge in [-0.25, -0.2) is 9.48 Å². The highest BCUT2D eigenvalue weighted by Gasteiger charge is 2.28. The van der Waals surface area contributed by atoms with Gasteiger partial charge in [0.2, 0.25) is 0 Å². The Morgan fingerprint density at radius 2 is 1.75 bits per heavy atom. The number of carbonyl (C=O) groups excluding carboxylic acids is 2. The van der Waals surface area contributed by atoms with Gasteiger partial charge < -0.3 is 20.3 Å². The molecule has 0 radical (unpaired) electrons. The van der Waals surface area contributed by atoms with Crippen molar-refractivity contribution in [2.45, 2.75) is 65.0 Å². The van der Waals surface area contributed by atoms with Crippen molar-refractivity contribution in [2.24, 2.45) is 7.05 Å². The number of likely N-dealkylation sites (tertiary alicyclic amines) is 1. The first-order valence-electron chi connectivity index (χ1n) is 13.6. The maximum Gasteiger partial charge on any atom is 0.410 e. The molecular weight excluding hydrogens is 508 g/mol. The minimum Gasteiger partial charge on any atom is -0.444 e. The summed E-state index contributed by atoms with van der Waals surface area (Å²) >= 11 is 0. The first-order valence-corrected chi connectivity index (χ1v) is 13.6. The zero-order valence-electron chi connectivity index (χ0n) is 24.0. The van der Waals surface area contributed by atoms with Gasteiger partial charge in [0.1, 0.15) is 11.3 Å². The molecule has 2 aromatic heterocycles. The number of rotatable bonds is 6. The fourth-order valence-corrected chi connectivity index (χ4v) is 4.71. The van der Waals surface area contributed by atoms with E-state index < -0.39 is 11.5 Å². The maximum absolute atomic E-state index is 13.1. The van der Waals surface area contributed by atoms with Crippen molar-refractivity contribution in [1.29, 1.82) is 0 Å². The molecule has 0 bridgehead atoms. The highest BCUT2D eigenvalue weighted by atomic mass is 16.6. The van der Waals surface area contributed by atoms with E-state index in [9.17, 15) is 14.4 Å². The Hall–Kier alpha value is -4.21. The molecule has 1 aliphatic heterocycles. The van der Waals surface area contributed by atoms with E-state index in [1.807, 2.05) is 57.2 Å². The molecule has 0 saturated carbocycles. The molecule has 212 valence electrons. The summed E-state index contributed by atoms with van der Waals surface area (Å²) in [6.45, 7) is 10.5. The average Bonchev–Trinajstić information content (AvgIpc) is 2.92. The van der Waals surface area contributed by atoms with Gasteiger partial charge in [-0.05, 0) is 65.2 Å². The van der Waals surface area contributed by atoms with Crippen LogP contribution in [0.25, 0.3) is 0 Å². The average molecular weight is 547 g/mol. The number of piperidine rings is 1. The molecule has 2 N–H and O–H groups in total. The molecule has 0 unspecified atom stereocenters. The van der Waals surface area contributed by atoms with Crippen molar-refractivity contribution in [3.05, 3.63) is 81.5 Å². The second-order valence-electron chi connectivity index (χ2n) is 11.3. The van der Waals surface area contributed by atoms with E-state index in [0.717, 1.165) is 34.5 Å². The lowest BCUT2D eigenvalue weighted by Crippen LogP contribution is -2.41. The van der Waals surface area contributed by atoms with Crippen LogP contribution in [-0.4, -0.2) is 50.4 Å². The molecule has 3 aromatic rings. The summed E-state index contributed by atoms with van der Waals surface area (Å²) in [5, 5.41) is 10.6. The summed E-state index contributed by atoms with van der Waals surface area (Å²) in [6, 6.07) is 13.4. The number of hydrogen-bond donors (Lipinski definition) is 2. The number of nitrogens with one attached hydrogen (secondary N) is 2. The van der Waals surface area contributed by atoms with Crippen LogP contribution in [0.1, 0.15) is 79.8 Å². The predicted octanol–water partition coefficient (Wildman–Crippen LogP) is 5.02. The van der Waals surface area contributed by atoms with Crippen LogP contribution in [0.2, 0.25) is 0 Å². The third kappa shape index (κ3) is 7.05. The van der Waals surface area contributed by atoms with Crippen LogP contribution >= 0.6 is 0 Å². The lowest BCUT2D eigenvalue weighted by Gasteiger charge is -2.33. The molecule has 0 spiro atoms. The van der Waals surface area contributed by atoms with Crippen LogP contribution in [0.15, 0.2) is 53.5 Å². The number of ether oxygens (including phenoxy) is 1. The predicted molar refractivity (Wildman–Crippen MR) is 155 cm³/mol. The van der Waals surface area contributed by atoms with Gasteiger partial charge in [-0.1, -0.05) is 30.3 Å². The van der Waals surface area contributed by atoms with Crippen molar-refractivity contribution in [1.82, 2.24) is 19.7 Å². The van der Waals surface area contributed by atoms with E-state index >= 15 is 0 Å². The van der Waals surface area contributed by atoms with Crippen LogP contribution in [0.3, 0.4) is 0 Å². The fraction of sp³-hybridized carbons (Fsp3) is 0.433. The van der Waals surface area contributed by atoms with Crippen LogP contribution in [0, 0.1) is 6.92 Å². The molecule has 1 aromatic carbocycles. The lowest BCUT2D eigenvalue weighted by atomic mass is 9.92. The van der Waals surface area contributed by atoms with E-state index in [0.29, 0.717) is 24.3 Å². The van der Waals surface area contributed by atoms with E-state index in [-0.39, 0.29) is 29.3 Å². The Balaban J connectivity index is 1.56. The van der Waals surface area contributed by atoms with Gasteiger partial charge in [0, 0.05) is 43.4 Å². The molecule has 2 amide bonds. The molecule has 3 heterocycles. The first-order chi connectivity index (χ1) is 18.9. The van der Waals surface area contributed by atoms with E-state index in [4.69, 9.17) is 9.72 Å². The molecule has 1 saturated heterocycles. The summed E-state index contributed by atoms with van der Waals surface area (Å²) in [6.07, 6.45) is 2.88. The minimum atomic E-state index is -0.533. The quantitative estimate of drug-likeness (QED) is 0.445. The van der Waals surface area contributed by atoms with E-state index in [1.54, 1.807) is 18.0 Å². The topological polar surface area (TPSA) is 118 Å². The van der Waals surface area contributed by atoms with Crippen molar-refractivity contribution >= 4 is 23.4 Å². The molecule has 10 heteroatoms. The Morgan fingerprint density at radius 1 is 1.07 bits per heavy atom. The van der Waals surface area contributed by atoms with Crippen molar-refractivity contribution in [2.75, 3.05) is 23.7 Å².